The molecule has 178 valence electrons. The highest BCUT2D eigenvalue weighted by Gasteiger charge is 2.26. The zero-order valence-electron chi connectivity index (χ0n) is 19.6. The summed E-state index contributed by atoms with van der Waals surface area (Å²) >= 11 is 0. The quantitative estimate of drug-likeness (QED) is 0.526. The molecule has 3 rings (SSSR count). The Hall–Kier alpha value is -2.90. The normalized spacial score (nSPS) is 18.0. The molecule has 0 radical (unpaired) electrons. The van der Waals surface area contributed by atoms with Gasteiger partial charge in [-0.25, -0.2) is 4.79 Å². The van der Waals surface area contributed by atoms with E-state index in [1.807, 2.05) is 56.6 Å². The largest absolute Gasteiger partial charge is 0.417 e. The van der Waals surface area contributed by atoms with Crippen LogP contribution >= 0.6 is 0 Å². The molecule has 0 aromatic heterocycles. The van der Waals surface area contributed by atoms with Gasteiger partial charge in [-0.1, -0.05) is 30.3 Å². The molecule has 2 aromatic rings. The van der Waals surface area contributed by atoms with Crippen LogP contribution in [0.5, 0.6) is 5.75 Å². The molecule has 1 aliphatic carbocycles. The smallest absolute Gasteiger partial charge is 0.410 e. The Balaban J connectivity index is 1.36. The summed E-state index contributed by atoms with van der Waals surface area (Å²) in [4.78, 5) is 26.5. The van der Waals surface area contributed by atoms with Crippen LogP contribution in [0.15, 0.2) is 54.6 Å². The van der Waals surface area contributed by atoms with Crippen molar-refractivity contribution in [1.82, 2.24) is 10.2 Å². The lowest BCUT2D eigenvalue weighted by Gasteiger charge is -2.28. The zero-order valence-corrected chi connectivity index (χ0v) is 19.6. The first kappa shape index (κ1) is 24.7. The summed E-state index contributed by atoms with van der Waals surface area (Å²) in [6.07, 6.45) is 3.24. The van der Waals surface area contributed by atoms with E-state index in [0.29, 0.717) is 37.1 Å². The fourth-order valence-corrected chi connectivity index (χ4v) is 4.01. The minimum Gasteiger partial charge on any atom is -0.410 e. The van der Waals surface area contributed by atoms with Gasteiger partial charge >= 0.3 is 6.09 Å². The van der Waals surface area contributed by atoms with Crippen molar-refractivity contribution in [1.29, 1.82) is 0 Å². The molecule has 2 amide bonds. The molecule has 1 aliphatic rings. The van der Waals surface area contributed by atoms with E-state index < -0.39 is 6.09 Å². The van der Waals surface area contributed by atoms with Crippen molar-refractivity contribution in [2.24, 2.45) is 5.92 Å². The topological polar surface area (TPSA) is 79.9 Å². The van der Waals surface area contributed by atoms with Crippen LogP contribution < -0.4 is 15.4 Å². The van der Waals surface area contributed by atoms with Crippen molar-refractivity contribution in [3.8, 4) is 5.75 Å². The molecule has 0 atom stereocenters. The van der Waals surface area contributed by atoms with Crippen LogP contribution in [-0.2, 0) is 9.53 Å². The molecular formula is C26H35N3O4. The number of amides is 2. The van der Waals surface area contributed by atoms with Crippen LogP contribution in [0.1, 0.15) is 37.2 Å². The Kier molecular flexibility index (Phi) is 9.72. The summed E-state index contributed by atoms with van der Waals surface area (Å²) in [6, 6.07) is 16.9. The Morgan fingerprint density at radius 3 is 2.30 bits per heavy atom. The van der Waals surface area contributed by atoms with Crippen molar-refractivity contribution >= 4 is 17.7 Å². The van der Waals surface area contributed by atoms with Crippen LogP contribution in [0.25, 0.3) is 0 Å². The molecule has 0 heterocycles. The third kappa shape index (κ3) is 8.51. The van der Waals surface area contributed by atoms with Gasteiger partial charge in [0.25, 0.3) is 0 Å². The first-order chi connectivity index (χ1) is 16.0. The summed E-state index contributed by atoms with van der Waals surface area (Å²) in [5.41, 5.74) is 1.94. The standard InChI is InChI=1S/C26H35N3O4/c1-29(2)17-19-32-18-16-27-25(30)22-10-8-20(9-11-22)21-12-14-23(15-13-21)28-26(31)33-24-6-4-3-5-7-24/h3-7,12-15,20,22H,8-11,16-19H2,1-2H3,(H,27,30)(H,28,31). The first-order valence-electron chi connectivity index (χ1n) is 11.7. The van der Waals surface area contributed by atoms with Gasteiger partial charge in [0.1, 0.15) is 5.75 Å². The van der Waals surface area contributed by atoms with Crippen molar-refractivity contribution < 1.29 is 19.1 Å². The molecule has 1 fully saturated rings. The molecule has 0 unspecified atom stereocenters. The highest BCUT2D eigenvalue weighted by atomic mass is 16.6. The van der Waals surface area contributed by atoms with E-state index in [1.54, 1.807) is 12.1 Å². The summed E-state index contributed by atoms with van der Waals surface area (Å²) < 4.78 is 10.8. The molecule has 7 heteroatoms. The second kappa shape index (κ2) is 13.0. The minimum atomic E-state index is -0.511. The second-order valence-electron chi connectivity index (χ2n) is 8.70. The number of ether oxygens (including phenoxy) is 2. The fraction of sp³-hybridized carbons (Fsp3) is 0.462. The van der Waals surface area contributed by atoms with Gasteiger partial charge in [0, 0.05) is 24.7 Å². The fourth-order valence-electron chi connectivity index (χ4n) is 4.01. The van der Waals surface area contributed by atoms with Gasteiger partial charge < -0.3 is 19.7 Å². The van der Waals surface area contributed by atoms with Gasteiger partial charge in [-0.15, -0.1) is 0 Å². The molecule has 0 saturated heterocycles. The lowest BCUT2D eigenvalue weighted by molar-refractivity contribution is -0.126. The van der Waals surface area contributed by atoms with Crippen LogP contribution in [0, 0.1) is 5.92 Å². The Labute approximate surface area is 196 Å². The predicted molar refractivity (Wildman–Crippen MR) is 130 cm³/mol. The highest BCUT2D eigenvalue weighted by Crippen LogP contribution is 2.36. The van der Waals surface area contributed by atoms with Gasteiger partial charge in [0.15, 0.2) is 0 Å². The summed E-state index contributed by atoms with van der Waals surface area (Å²) in [5, 5.41) is 5.76. The van der Waals surface area contributed by atoms with Gasteiger partial charge in [-0.2, -0.15) is 0 Å². The molecule has 2 N–H and O–H groups in total. The number of benzene rings is 2. The second-order valence-corrected chi connectivity index (χ2v) is 8.70. The van der Waals surface area contributed by atoms with Gasteiger partial charge in [-0.3, -0.25) is 10.1 Å². The summed E-state index contributed by atoms with van der Waals surface area (Å²) in [6.45, 7) is 2.67. The third-order valence-corrected chi connectivity index (χ3v) is 5.91. The molecular weight excluding hydrogens is 418 g/mol. The Bertz CT molecular complexity index is 863. The van der Waals surface area contributed by atoms with Crippen LogP contribution in [0.4, 0.5) is 10.5 Å². The molecule has 1 saturated carbocycles. The molecule has 0 bridgehead atoms. The molecule has 33 heavy (non-hydrogen) atoms. The maximum absolute atomic E-state index is 12.4. The molecule has 0 aliphatic heterocycles. The number of hydrogen-bond acceptors (Lipinski definition) is 5. The van der Waals surface area contributed by atoms with E-state index in [2.05, 4.69) is 15.5 Å². The average molecular weight is 454 g/mol. The van der Waals surface area contributed by atoms with Crippen LogP contribution in [0.3, 0.4) is 0 Å². The van der Waals surface area contributed by atoms with E-state index >= 15 is 0 Å². The minimum absolute atomic E-state index is 0.0803. The van der Waals surface area contributed by atoms with Crippen LogP contribution in [0.2, 0.25) is 0 Å². The summed E-state index contributed by atoms with van der Waals surface area (Å²) in [7, 11) is 4.02. The molecule has 7 nitrogen and oxygen atoms in total. The number of nitrogens with one attached hydrogen (secondary N) is 2. The van der Waals surface area contributed by atoms with Crippen molar-refractivity contribution in [2.75, 3.05) is 45.7 Å². The Morgan fingerprint density at radius 2 is 1.64 bits per heavy atom. The Morgan fingerprint density at radius 1 is 0.939 bits per heavy atom. The van der Waals surface area contributed by atoms with Crippen molar-refractivity contribution in [3.05, 3.63) is 60.2 Å². The van der Waals surface area contributed by atoms with E-state index in [-0.39, 0.29) is 11.8 Å². The SMILES string of the molecule is CN(C)CCOCCNC(=O)C1CCC(c2ccc(NC(=O)Oc3ccccc3)cc2)CC1. The number of carbonyl (C=O) groups excluding carboxylic acids is 2. The van der Waals surface area contributed by atoms with Gasteiger partial charge in [0.2, 0.25) is 5.91 Å². The lowest BCUT2D eigenvalue weighted by atomic mass is 9.78. The van der Waals surface area contributed by atoms with Crippen molar-refractivity contribution in [2.45, 2.75) is 31.6 Å². The van der Waals surface area contributed by atoms with E-state index in [9.17, 15) is 9.59 Å². The van der Waals surface area contributed by atoms with Crippen LogP contribution in [-0.4, -0.2) is 57.3 Å². The lowest BCUT2D eigenvalue weighted by Crippen LogP contribution is -2.35. The monoisotopic (exact) mass is 453 g/mol. The van der Waals surface area contributed by atoms with E-state index in [4.69, 9.17) is 9.47 Å². The third-order valence-electron chi connectivity index (χ3n) is 5.91. The number of nitrogens with zero attached hydrogens (tertiary/aromatic N) is 1. The van der Waals surface area contributed by atoms with E-state index in [1.165, 1.54) is 5.56 Å². The summed E-state index contributed by atoms with van der Waals surface area (Å²) in [5.74, 6) is 1.16. The number of likely N-dealkylation sites (N-methyl/N-ethyl adjacent to an activating group) is 1. The zero-order chi connectivity index (χ0) is 23.5. The maximum Gasteiger partial charge on any atom is 0.417 e. The maximum atomic E-state index is 12.4. The average Bonchev–Trinajstić information content (AvgIpc) is 2.82. The number of hydrogen-bond donors (Lipinski definition) is 2. The number of para-hydroxylation sites is 1. The van der Waals surface area contributed by atoms with Gasteiger partial charge in [0.05, 0.1) is 13.2 Å². The number of rotatable bonds is 10. The first-order valence-corrected chi connectivity index (χ1v) is 11.7. The van der Waals surface area contributed by atoms with E-state index in [0.717, 1.165) is 32.2 Å². The number of carbonyl (C=O) groups is 2. The highest BCUT2D eigenvalue weighted by molar-refractivity contribution is 5.86. The predicted octanol–water partition coefficient (Wildman–Crippen LogP) is 4.27. The number of anilines is 1. The molecule has 0 spiro atoms. The van der Waals surface area contributed by atoms with Crippen molar-refractivity contribution in [3.63, 3.8) is 0 Å². The van der Waals surface area contributed by atoms with Gasteiger partial charge in [-0.05, 0) is 75.5 Å². The molecule has 2 aromatic carbocycles.